The van der Waals surface area contributed by atoms with Crippen molar-refractivity contribution in [2.75, 3.05) is 19.7 Å². The molecular weight excluding hydrogens is 194 g/mol. The van der Waals surface area contributed by atoms with Gasteiger partial charge in [-0.05, 0) is 25.5 Å². The highest BCUT2D eigenvalue weighted by Crippen LogP contribution is 1.98. The largest absolute Gasteiger partial charge is 0.478 e. The molecule has 0 aliphatic rings. The summed E-state index contributed by atoms with van der Waals surface area (Å²) in [6.07, 6.45) is 6.92. The summed E-state index contributed by atoms with van der Waals surface area (Å²) in [6, 6.07) is 0. The van der Waals surface area contributed by atoms with Gasteiger partial charge in [0.25, 0.3) is 0 Å². The molecule has 0 radical (unpaired) electrons. The number of hydrogen-bond donors (Lipinski definition) is 2. The maximum atomic E-state index is 10.2. The zero-order valence-electron chi connectivity index (χ0n) is 8.93. The van der Waals surface area contributed by atoms with E-state index < -0.39 is 5.97 Å². The number of carboxylic acids is 1. The van der Waals surface area contributed by atoms with Gasteiger partial charge in [-0.15, -0.1) is 0 Å². The van der Waals surface area contributed by atoms with Crippen molar-refractivity contribution in [3.8, 4) is 0 Å². The summed E-state index contributed by atoms with van der Waals surface area (Å²) in [5.41, 5.74) is 0. The van der Waals surface area contributed by atoms with Crippen molar-refractivity contribution in [3.05, 3.63) is 24.9 Å². The van der Waals surface area contributed by atoms with E-state index in [0.717, 1.165) is 38.4 Å². The summed E-state index contributed by atoms with van der Waals surface area (Å²) < 4.78 is 0. The summed E-state index contributed by atoms with van der Waals surface area (Å²) in [4.78, 5) is 12.2. The van der Waals surface area contributed by atoms with Gasteiger partial charge in [-0.1, -0.05) is 12.7 Å². The first kappa shape index (κ1) is 13.7. The second kappa shape index (κ2) is 9.27. The van der Waals surface area contributed by atoms with E-state index >= 15 is 0 Å². The van der Waals surface area contributed by atoms with Gasteiger partial charge >= 0.3 is 5.97 Å². The number of carboxylic acid groups (broad SMARTS) is 1. The van der Waals surface area contributed by atoms with Gasteiger partial charge in [-0.25, -0.2) is 4.79 Å². The van der Waals surface area contributed by atoms with E-state index in [9.17, 15) is 4.79 Å². The SMILES string of the molecule is C=CN(CCCO)CCCC=CC(=O)O. The van der Waals surface area contributed by atoms with Crippen molar-refractivity contribution in [1.29, 1.82) is 0 Å². The van der Waals surface area contributed by atoms with E-state index in [2.05, 4.69) is 6.58 Å². The molecule has 0 fully saturated rings. The van der Waals surface area contributed by atoms with Crippen molar-refractivity contribution < 1.29 is 15.0 Å². The van der Waals surface area contributed by atoms with E-state index in [4.69, 9.17) is 10.2 Å². The van der Waals surface area contributed by atoms with Crippen LogP contribution in [0.25, 0.3) is 0 Å². The highest BCUT2D eigenvalue weighted by atomic mass is 16.4. The number of aliphatic hydroxyl groups is 1. The molecule has 0 atom stereocenters. The van der Waals surface area contributed by atoms with Gasteiger partial charge in [0, 0.05) is 25.8 Å². The molecule has 0 aromatic heterocycles. The third-order valence-corrected chi connectivity index (χ3v) is 1.94. The lowest BCUT2D eigenvalue weighted by Gasteiger charge is -2.18. The molecule has 0 bridgehead atoms. The topological polar surface area (TPSA) is 60.8 Å². The fraction of sp³-hybridized carbons (Fsp3) is 0.545. The van der Waals surface area contributed by atoms with Gasteiger partial charge in [0.05, 0.1) is 0 Å². The van der Waals surface area contributed by atoms with Gasteiger partial charge in [-0.2, -0.15) is 0 Å². The fourth-order valence-corrected chi connectivity index (χ4v) is 1.16. The molecule has 0 amide bonds. The summed E-state index contributed by atoms with van der Waals surface area (Å²) in [7, 11) is 0. The first-order valence-electron chi connectivity index (χ1n) is 5.07. The molecule has 4 nitrogen and oxygen atoms in total. The predicted octanol–water partition coefficient (Wildman–Crippen LogP) is 1.24. The molecule has 0 saturated carbocycles. The van der Waals surface area contributed by atoms with Crippen LogP contribution in [0.2, 0.25) is 0 Å². The first-order chi connectivity index (χ1) is 7.20. The maximum Gasteiger partial charge on any atom is 0.327 e. The third-order valence-electron chi connectivity index (χ3n) is 1.94. The van der Waals surface area contributed by atoms with Crippen molar-refractivity contribution in [3.63, 3.8) is 0 Å². The van der Waals surface area contributed by atoms with Crippen molar-refractivity contribution in [2.24, 2.45) is 0 Å². The monoisotopic (exact) mass is 213 g/mol. The predicted molar refractivity (Wildman–Crippen MR) is 59.5 cm³/mol. The van der Waals surface area contributed by atoms with Gasteiger partial charge in [0.15, 0.2) is 0 Å². The Morgan fingerprint density at radius 2 is 2.00 bits per heavy atom. The van der Waals surface area contributed by atoms with E-state index in [1.165, 1.54) is 0 Å². The van der Waals surface area contributed by atoms with Gasteiger partial charge < -0.3 is 15.1 Å². The van der Waals surface area contributed by atoms with Crippen LogP contribution in [0, 0.1) is 0 Å². The number of allylic oxidation sites excluding steroid dienone is 1. The van der Waals surface area contributed by atoms with E-state index in [-0.39, 0.29) is 6.61 Å². The Hall–Kier alpha value is -1.29. The molecule has 0 saturated heterocycles. The van der Waals surface area contributed by atoms with E-state index in [1.54, 1.807) is 12.3 Å². The van der Waals surface area contributed by atoms with Crippen molar-refractivity contribution >= 4 is 5.97 Å². The Kier molecular flexibility index (Phi) is 8.47. The minimum Gasteiger partial charge on any atom is -0.478 e. The van der Waals surface area contributed by atoms with Crippen LogP contribution in [0.5, 0.6) is 0 Å². The third kappa shape index (κ3) is 9.02. The quantitative estimate of drug-likeness (QED) is 0.447. The normalized spacial score (nSPS) is 10.5. The lowest BCUT2D eigenvalue weighted by molar-refractivity contribution is -0.131. The molecule has 86 valence electrons. The molecule has 2 N–H and O–H groups in total. The molecule has 0 unspecified atom stereocenters. The van der Waals surface area contributed by atoms with Crippen LogP contribution in [0.1, 0.15) is 19.3 Å². The minimum atomic E-state index is -0.907. The summed E-state index contributed by atoms with van der Waals surface area (Å²) in [6.45, 7) is 5.49. The Labute approximate surface area is 90.5 Å². The number of carbonyl (C=O) groups is 1. The number of rotatable bonds is 9. The van der Waals surface area contributed by atoms with Crippen LogP contribution in [-0.2, 0) is 4.79 Å². The molecule has 15 heavy (non-hydrogen) atoms. The van der Waals surface area contributed by atoms with Crippen molar-refractivity contribution in [2.45, 2.75) is 19.3 Å². The summed E-state index contributed by atoms with van der Waals surface area (Å²) in [5.74, 6) is -0.907. The number of unbranched alkanes of at least 4 members (excludes halogenated alkanes) is 1. The second-order valence-electron chi connectivity index (χ2n) is 3.18. The summed E-state index contributed by atoms with van der Waals surface area (Å²) in [5, 5.41) is 17.0. The Morgan fingerprint density at radius 1 is 1.33 bits per heavy atom. The molecule has 0 rings (SSSR count). The summed E-state index contributed by atoms with van der Waals surface area (Å²) >= 11 is 0. The number of nitrogens with zero attached hydrogens (tertiary/aromatic N) is 1. The second-order valence-corrected chi connectivity index (χ2v) is 3.18. The van der Waals surface area contributed by atoms with E-state index in [0.29, 0.717) is 0 Å². The molecule has 0 aliphatic carbocycles. The molecule has 0 spiro atoms. The van der Waals surface area contributed by atoms with Crippen LogP contribution in [0.3, 0.4) is 0 Å². The van der Waals surface area contributed by atoms with Gasteiger partial charge in [0.2, 0.25) is 0 Å². The standard InChI is InChI=1S/C11H19NO3/c1-2-12(9-6-10-13)8-5-3-4-7-11(14)15/h2,4,7,13H,1,3,5-6,8-10H2,(H,14,15). The minimum absolute atomic E-state index is 0.184. The molecular formula is C11H19NO3. The van der Waals surface area contributed by atoms with Crippen LogP contribution < -0.4 is 0 Å². The molecule has 0 aliphatic heterocycles. The average Bonchev–Trinajstić information content (AvgIpc) is 2.21. The van der Waals surface area contributed by atoms with Crippen LogP contribution in [0.4, 0.5) is 0 Å². The van der Waals surface area contributed by atoms with Gasteiger partial charge in [0.1, 0.15) is 0 Å². The Morgan fingerprint density at radius 3 is 2.53 bits per heavy atom. The molecule has 0 aromatic carbocycles. The van der Waals surface area contributed by atoms with Crippen molar-refractivity contribution in [1.82, 2.24) is 4.90 Å². The van der Waals surface area contributed by atoms with Crippen LogP contribution in [-0.4, -0.2) is 40.8 Å². The molecule has 0 aromatic rings. The molecule has 0 heterocycles. The smallest absolute Gasteiger partial charge is 0.327 e. The highest BCUT2D eigenvalue weighted by molar-refractivity contribution is 5.79. The number of aliphatic hydroxyl groups excluding tert-OH is 1. The Bertz CT molecular complexity index is 214. The zero-order valence-corrected chi connectivity index (χ0v) is 8.93. The van der Waals surface area contributed by atoms with Gasteiger partial charge in [-0.3, -0.25) is 0 Å². The number of hydrogen-bond acceptors (Lipinski definition) is 3. The van der Waals surface area contributed by atoms with Crippen LogP contribution >= 0.6 is 0 Å². The molecule has 4 heteroatoms. The Balaban J connectivity index is 3.54. The van der Waals surface area contributed by atoms with Crippen LogP contribution in [0.15, 0.2) is 24.9 Å². The maximum absolute atomic E-state index is 10.2. The lowest BCUT2D eigenvalue weighted by atomic mass is 10.2. The first-order valence-corrected chi connectivity index (χ1v) is 5.07. The fourth-order valence-electron chi connectivity index (χ4n) is 1.16. The number of aliphatic carboxylic acids is 1. The highest BCUT2D eigenvalue weighted by Gasteiger charge is 1.96. The zero-order chi connectivity index (χ0) is 11.5. The average molecular weight is 213 g/mol. The lowest BCUT2D eigenvalue weighted by Crippen LogP contribution is -2.20. The van der Waals surface area contributed by atoms with E-state index in [1.807, 2.05) is 4.90 Å².